The van der Waals surface area contributed by atoms with Gasteiger partial charge in [0.05, 0.1) is 39.4 Å². The zero-order valence-corrected chi connectivity index (χ0v) is 25.3. The van der Waals surface area contributed by atoms with Crippen molar-refractivity contribution in [1.29, 1.82) is 0 Å². The summed E-state index contributed by atoms with van der Waals surface area (Å²) in [6, 6.07) is 7.53. The summed E-state index contributed by atoms with van der Waals surface area (Å²) in [7, 11) is 1.43. The summed E-state index contributed by atoms with van der Waals surface area (Å²) in [6.45, 7) is 2.87. The van der Waals surface area contributed by atoms with Gasteiger partial charge >= 0.3 is 11.9 Å². The Hall–Kier alpha value is -3.30. The van der Waals surface area contributed by atoms with Crippen molar-refractivity contribution in [2.24, 2.45) is 0 Å². The van der Waals surface area contributed by atoms with Gasteiger partial charge in [-0.1, -0.05) is 11.6 Å². The van der Waals surface area contributed by atoms with E-state index in [1.807, 2.05) is 22.6 Å². The van der Waals surface area contributed by atoms with E-state index in [1.54, 1.807) is 26.0 Å². The van der Waals surface area contributed by atoms with Crippen LogP contribution in [0, 0.1) is 3.57 Å². The minimum atomic E-state index is -0.653. The van der Waals surface area contributed by atoms with Crippen LogP contribution in [0.4, 0.5) is 10.5 Å². The molecule has 3 amide bonds. The number of thioether (sulfide) groups is 1. The van der Waals surface area contributed by atoms with E-state index in [2.05, 4.69) is 5.32 Å². The summed E-state index contributed by atoms with van der Waals surface area (Å²) >= 11 is 8.73. The number of imide groups is 1. The summed E-state index contributed by atoms with van der Waals surface area (Å²) < 4.78 is 21.3. The van der Waals surface area contributed by atoms with Gasteiger partial charge in [0.1, 0.15) is 6.54 Å². The summed E-state index contributed by atoms with van der Waals surface area (Å²) in [5, 5.41) is 2.08. The van der Waals surface area contributed by atoms with Crippen LogP contribution in [0.15, 0.2) is 35.2 Å². The maximum absolute atomic E-state index is 13.0. The Labute approximate surface area is 252 Å². The van der Waals surface area contributed by atoms with Gasteiger partial charge in [-0.05, 0) is 90.2 Å². The number of carbonyl (C=O) groups excluding carboxylic acids is 5. The minimum absolute atomic E-state index is 0.0674. The van der Waals surface area contributed by atoms with Gasteiger partial charge in [0.25, 0.3) is 11.1 Å². The Morgan fingerprint density at radius 2 is 1.82 bits per heavy atom. The molecule has 1 fully saturated rings. The van der Waals surface area contributed by atoms with E-state index in [0.717, 1.165) is 4.90 Å². The number of hydrogen-bond donors (Lipinski definition) is 1. The van der Waals surface area contributed by atoms with Crippen LogP contribution in [-0.2, 0) is 23.9 Å². The first kappa shape index (κ1) is 31.2. The highest BCUT2D eigenvalue weighted by Gasteiger charge is 2.36. The monoisotopic (exact) mass is 702 g/mol. The number of benzene rings is 2. The van der Waals surface area contributed by atoms with Crippen molar-refractivity contribution in [2.75, 3.05) is 38.8 Å². The Morgan fingerprint density at radius 1 is 1.10 bits per heavy atom. The molecule has 2 aromatic rings. The lowest BCUT2D eigenvalue weighted by Gasteiger charge is -2.14. The number of anilines is 1. The van der Waals surface area contributed by atoms with Gasteiger partial charge < -0.3 is 24.3 Å². The van der Waals surface area contributed by atoms with Crippen molar-refractivity contribution < 1.29 is 42.9 Å². The third kappa shape index (κ3) is 7.88. The maximum atomic E-state index is 13.0. The summed E-state index contributed by atoms with van der Waals surface area (Å²) in [6.07, 6.45) is 1.49. The number of nitrogens with one attached hydrogen (secondary N) is 1. The molecule has 3 rings (SSSR count). The van der Waals surface area contributed by atoms with Gasteiger partial charge in [0.2, 0.25) is 5.91 Å². The van der Waals surface area contributed by atoms with Gasteiger partial charge in [0.15, 0.2) is 18.1 Å². The van der Waals surface area contributed by atoms with Crippen LogP contribution in [0.3, 0.4) is 0 Å². The summed E-state index contributed by atoms with van der Waals surface area (Å²) in [5.74, 6) is -1.84. The molecule has 1 heterocycles. The van der Waals surface area contributed by atoms with E-state index < -0.39 is 35.5 Å². The predicted molar refractivity (Wildman–Crippen MR) is 157 cm³/mol. The van der Waals surface area contributed by atoms with Gasteiger partial charge in [-0.3, -0.25) is 19.3 Å². The summed E-state index contributed by atoms with van der Waals surface area (Å²) in [4.78, 5) is 62.8. The fourth-order valence-electron chi connectivity index (χ4n) is 3.40. The lowest BCUT2D eigenvalue weighted by Crippen LogP contribution is -2.36. The molecular weight excluding hydrogens is 679 g/mol. The van der Waals surface area contributed by atoms with Crippen LogP contribution >= 0.6 is 46.0 Å². The Bertz CT molecular complexity index is 1380. The highest BCUT2D eigenvalue weighted by molar-refractivity contribution is 14.1. The molecule has 1 N–H and O–H groups in total. The van der Waals surface area contributed by atoms with E-state index in [-0.39, 0.29) is 41.0 Å². The molecule has 40 heavy (non-hydrogen) atoms. The molecule has 0 aromatic heterocycles. The van der Waals surface area contributed by atoms with Crippen LogP contribution < -0.4 is 14.8 Å². The van der Waals surface area contributed by atoms with Crippen molar-refractivity contribution in [2.45, 2.75) is 13.8 Å². The molecule has 0 unspecified atom stereocenters. The maximum Gasteiger partial charge on any atom is 0.344 e. The number of methoxy groups -OCH3 is 1. The molecule has 14 heteroatoms. The molecule has 0 bridgehead atoms. The lowest BCUT2D eigenvalue weighted by molar-refractivity contribution is -0.145. The molecule has 0 atom stereocenters. The van der Waals surface area contributed by atoms with Crippen molar-refractivity contribution in [3.05, 3.63) is 55.0 Å². The average molecular weight is 703 g/mol. The quantitative estimate of drug-likeness (QED) is 0.199. The van der Waals surface area contributed by atoms with E-state index in [4.69, 9.17) is 30.5 Å². The lowest BCUT2D eigenvalue weighted by atomic mass is 10.2. The third-order valence-corrected chi connectivity index (χ3v) is 7.15. The molecule has 1 saturated heterocycles. The Balaban J connectivity index is 1.72. The predicted octanol–water partition coefficient (Wildman–Crippen LogP) is 4.75. The molecular formula is C26H24ClIN2O9S. The number of ether oxygens (including phenoxy) is 4. The van der Waals surface area contributed by atoms with Crippen molar-refractivity contribution in [3.63, 3.8) is 0 Å². The fourth-order valence-corrected chi connectivity index (χ4v) is 5.21. The van der Waals surface area contributed by atoms with Crippen LogP contribution in [0.5, 0.6) is 11.5 Å². The third-order valence-electron chi connectivity index (χ3n) is 5.11. The number of halogens is 2. The highest BCUT2D eigenvalue weighted by Crippen LogP contribution is 2.37. The standard InChI is InChI=1S/C26H24ClIN2O9S/c1-4-37-22(32)13-39-23-18(28)8-14(9-19(23)36-3)10-20-24(33)30(26(35)40-20)12-21(31)29-15-6-7-17(27)16(11-15)25(34)38-5-2/h6-11H,4-5,12-13H2,1-3H3,(H,29,31)/b20-10+. The van der Waals surface area contributed by atoms with Gasteiger partial charge in [-0.15, -0.1) is 0 Å². The second-order valence-electron chi connectivity index (χ2n) is 7.86. The zero-order valence-electron chi connectivity index (χ0n) is 21.6. The van der Waals surface area contributed by atoms with Crippen LogP contribution in [0.1, 0.15) is 29.8 Å². The summed E-state index contributed by atoms with van der Waals surface area (Å²) in [5.41, 5.74) is 0.844. The molecule has 0 saturated carbocycles. The number of rotatable bonds is 11. The smallest absolute Gasteiger partial charge is 0.344 e. The minimum Gasteiger partial charge on any atom is -0.493 e. The van der Waals surface area contributed by atoms with Gasteiger partial charge in [0, 0.05) is 5.69 Å². The topological polar surface area (TPSA) is 138 Å². The zero-order chi connectivity index (χ0) is 29.4. The number of nitrogens with zero attached hydrogens (tertiary/aromatic N) is 1. The normalized spacial score (nSPS) is 13.8. The molecule has 11 nitrogen and oxygen atoms in total. The van der Waals surface area contributed by atoms with Gasteiger partial charge in [-0.25, -0.2) is 9.59 Å². The Kier molecular flexibility index (Phi) is 11.2. The SMILES string of the molecule is CCOC(=O)COc1c(I)cc(/C=C2/SC(=O)N(CC(=O)Nc3ccc(Cl)c(C(=O)OCC)c3)C2=O)cc1OC. The van der Waals surface area contributed by atoms with Crippen LogP contribution in [0.2, 0.25) is 5.02 Å². The van der Waals surface area contributed by atoms with Gasteiger partial charge in [-0.2, -0.15) is 0 Å². The largest absolute Gasteiger partial charge is 0.493 e. The molecule has 1 aliphatic heterocycles. The van der Waals surface area contributed by atoms with Crippen molar-refractivity contribution in [1.82, 2.24) is 4.90 Å². The number of hydrogen-bond acceptors (Lipinski definition) is 10. The Morgan fingerprint density at radius 3 is 2.50 bits per heavy atom. The first-order valence-electron chi connectivity index (χ1n) is 11.8. The molecule has 0 spiro atoms. The van der Waals surface area contributed by atoms with E-state index >= 15 is 0 Å². The van der Waals surface area contributed by atoms with E-state index in [9.17, 15) is 24.0 Å². The van der Waals surface area contributed by atoms with Crippen molar-refractivity contribution >= 4 is 86.7 Å². The fraction of sp³-hybridized carbons (Fsp3) is 0.269. The number of amides is 3. The second kappa shape index (κ2) is 14.4. The van der Waals surface area contributed by atoms with Crippen LogP contribution in [0.25, 0.3) is 6.08 Å². The van der Waals surface area contributed by atoms with Crippen molar-refractivity contribution in [3.8, 4) is 11.5 Å². The van der Waals surface area contributed by atoms with E-state index in [0.29, 0.717) is 32.4 Å². The average Bonchev–Trinajstić information content (AvgIpc) is 3.16. The second-order valence-corrected chi connectivity index (χ2v) is 10.4. The molecule has 212 valence electrons. The van der Waals surface area contributed by atoms with Crippen LogP contribution in [-0.4, -0.2) is 67.4 Å². The number of esters is 2. The molecule has 0 radical (unpaired) electrons. The van der Waals surface area contributed by atoms with E-state index in [1.165, 1.54) is 31.4 Å². The molecule has 2 aromatic carbocycles. The first-order valence-corrected chi connectivity index (χ1v) is 14.0. The first-order chi connectivity index (χ1) is 19.1. The highest BCUT2D eigenvalue weighted by atomic mass is 127. The molecule has 0 aliphatic carbocycles. The number of carbonyl (C=O) groups is 5. The molecule has 1 aliphatic rings.